The largest absolute Gasteiger partial charge is 0.399 e. The molecular weight excluding hydrogens is 234 g/mol. The molecule has 0 unspecified atom stereocenters. The molecule has 0 aromatic heterocycles. The first-order chi connectivity index (χ1) is 8.99. The molecule has 0 heterocycles. The maximum atomic E-state index is 12.6. The molecule has 0 spiro atoms. The van der Waals surface area contributed by atoms with Gasteiger partial charge in [0.25, 0.3) is 0 Å². The summed E-state index contributed by atoms with van der Waals surface area (Å²) in [6.45, 7) is 6.43. The van der Waals surface area contributed by atoms with Crippen molar-refractivity contribution < 1.29 is 4.79 Å². The Bertz CT molecular complexity index is 484. The van der Waals surface area contributed by atoms with Gasteiger partial charge in [-0.25, -0.2) is 0 Å². The second-order valence-corrected chi connectivity index (χ2v) is 5.96. The summed E-state index contributed by atoms with van der Waals surface area (Å²) in [5, 5.41) is 0. The van der Waals surface area contributed by atoms with Crippen LogP contribution in [0, 0.1) is 17.8 Å². The lowest BCUT2D eigenvalue weighted by atomic mass is 9.73. The molecule has 1 fully saturated rings. The number of carbonyl (C=O) groups excluding carboxylic acids is 1. The zero-order valence-electron chi connectivity index (χ0n) is 12.0. The third-order valence-corrected chi connectivity index (χ3v) is 4.13. The number of Topliss-reactive ketones (excluding diaryl/α,β-unsaturated/α-hetero) is 1. The molecule has 0 radical (unpaired) electrons. The zero-order valence-corrected chi connectivity index (χ0v) is 12.0. The van der Waals surface area contributed by atoms with E-state index in [4.69, 9.17) is 5.73 Å². The Morgan fingerprint density at radius 2 is 1.84 bits per heavy atom. The van der Waals surface area contributed by atoms with Gasteiger partial charge < -0.3 is 5.73 Å². The second-order valence-electron chi connectivity index (χ2n) is 5.96. The molecule has 0 saturated heterocycles. The Morgan fingerprint density at radius 1 is 1.21 bits per heavy atom. The molecule has 1 saturated carbocycles. The van der Waals surface area contributed by atoms with Crippen molar-refractivity contribution in [2.24, 2.45) is 17.8 Å². The summed E-state index contributed by atoms with van der Waals surface area (Å²) in [4.78, 5) is 12.6. The summed E-state index contributed by atoms with van der Waals surface area (Å²) in [6.07, 6.45) is 4.17. The van der Waals surface area contributed by atoms with E-state index in [1.165, 1.54) is 0 Å². The molecule has 2 heteroatoms. The molecule has 2 nitrogen and oxygen atoms in total. The van der Waals surface area contributed by atoms with Crippen LogP contribution < -0.4 is 5.73 Å². The van der Waals surface area contributed by atoms with Crippen LogP contribution in [-0.4, -0.2) is 5.78 Å². The van der Waals surface area contributed by atoms with E-state index in [2.05, 4.69) is 20.8 Å². The molecule has 0 amide bonds. The van der Waals surface area contributed by atoms with Gasteiger partial charge in [0.1, 0.15) is 0 Å². The summed E-state index contributed by atoms with van der Waals surface area (Å²) in [6, 6.07) is 7.71. The van der Waals surface area contributed by atoms with Gasteiger partial charge in [-0.3, -0.25) is 4.79 Å². The van der Waals surface area contributed by atoms with Crippen LogP contribution in [0.2, 0.25) is 0 Å². The molecule has 1 aromatic rings. The molecule has 0 aliphatic heterocycles. The topological polar surface area (TPSA) is 43.1 Å². The van der Waals surface area contributed by atoms with Gasteiger partial charge in [0, 0.05) is 11.6 Å². The van der Waals surface area contributed by atoms with Crippen molar-refractivity contribution in [2.45, 2.75) is 33.6 Å². The van der Waals surface area contributed by atoms with Crippen LogP contribution in [0.3, 0.4) is 0 Å². The van der Waals surface area contributed by atoms with Crippen molar-refractivity contribution in [1.82, 2.24) is 0 Å². The summed E-state index contributed by atoms with van der Waals surface area (Å²) in [7, 11) is 0. The van der Waals surface area contributed by atoms with Gasteiger partial charge in [-0.2, -0.15) is 0 Å². The lowest BCUT2D eigenvalue weighted by Gasteiger charge is -2.30. The van der Waals surface area contributed by atoms with Crippen LogP contribution in [0.1, 0.15) is 39.2 Å². The second kappa shape index (κ2) is 5.60. The fraction of sp³-hybridized carbons (Fsp3) is 0.471. The highest BCUT2D eigenvalue weighted by Crippen LogP contribution is 2.35. The van der Waals surface area contributed by atoms with Crippen LogP contribution in [0.5, 0.6) is 0 Å². The van der Waals surface area contributed by atoms with Gasteiger partial charge in [-0.15, -0.1) is 0 Å². The third kappa shape index (κ3) is 3.06. The predicted octanol–water partition coefficient (Wildman–Crippen LogP) is 3.92. The van der Waals surface area contributed by atoms with E-state index >= 15 is 0 Å². The number of anilines is 1. The highest BCUT2D eigenvalue weighted by atomic mass is 16.1. The van der Waals surface area contributed by atoms with E-state index in [-0.39, 0.29) is 5.92 Å². The van der Waals surface area contributed by atoms with Crippen LogP contribution in [0.4, 0.5) is 5.69 Å². The zero-order chi connectivity index (χ0) is 14.0. The molecule has 2 atom stereocenters. The van der Waals surface area contributed by atoms with Crippen LogP contribution >= 0.6 is 0 Å². The first-order valence-electron chi connectivity index (χ1n) is 7.10. The number of hydrogen-bond acceptors (Lipinski definition) is 2. The Balaban J connectivity index is 2.29. The van der Waals surface area contributed by atoms with Crippen molar-refractivity contribution in [3.63, 3.8) is 0 Å². The predicted molar refractivity (Wildman–Crippen MR) is 80.6 cm³/mol. The fourth-order valence-corrected chi connectivity index (χ4v) is 2.79. The molecule has 1 aliphatic carbocycles. The van der Waals surface area contributed by atoms with E-state index in [1.807, 2.05) is 30.3 Å². The summed E-state index contributed by atoms with van der Waals surface area (Å²) in [5.41, 5.74) is 8.49. The van der Waals surface area contributed by atoms with Crippen molar-refractivity contribution in [3.05, 3.63) is 35.4 Å². The molecule has 1 aliphatic rings. The monoisotopic (exact) mass is 257 g/mol. The van der Waals surface area contributed by atoms with Crippen LogP contribution in [0.25, 0.3) is 6.08 Å². The lowest BCUT2D eigenvalue weighted by molar-refractivity contribution is -0.122. The SMILES string of the molecule is CC(C)[C@H]1CC[C@@H](C)C(=Cc2ccc(N)cc2)C1=O. The number of ketones is 1. The summed E-state index contributed by atoms with van der Waals surface area (Å²) in [5.74, 6) is 1.32. The Morgan fingerprint density at radius 3 is 2.42 bits per heavy atom. The van der Waals surface area contributed by atoms with E-state index in [0.717, 1.165) is 29.7 Å². The number of benzene rings is 1. The molecule has 2 rings (SSSR count). The van der Waals surface area contributed by atoms with Gasteiger partial charge in [0.2, 0.25) is 0 Å². The first kappa shape index (κ1) is 13.9. The normalized spacial score (nSPS) is 26.1. The van der Waals surface area contributed by atoms with E-state index < -0.39 is 0 Å². The molecule has 2 N–H and O–H groups in total. The molecular formula is C17H23NO. The first-order valence-corrected chi connectivity index (χ1v) is 7.10. The minimum atomic E-state index is 0.191. The summed E-state index contributed by atoms with van der Waals surface area (Å²) < 4.78 is 0. The maximum absolute atomic E-state index is 12.6. The quantitative estimate of drug-likeness (QED) is 0.644. The smallest absolute Gasteiger partial charge is 0.162 e. The molecule has 102 valence electrons. The average Bonchev–Trinajstić information content (AvgIpc) is 2.36. The number of nitrogens with two attached hydrogens (primary N) is 1. The van der Waals surface area contributed by atoms with Crippen molar-refractivity contribution in [3.8, 4) is 0 Å². The number of carbonyl (C=O) groups is 1. The van der Waals surface area contributed by atoms with Gasteiger partial charge in [0.05, 0.1) is 0 Å². The summed E-state index contributed by atoms with van der Waals surface area (Å²) >= 11 is 0. The third-order valence-electron chi connectivity index (χ3n) is 4.13. The number of hydrogen-bond donors (Lipinski definition) is 1. The van der Waals surface area contributed by atoms with Crippen LogP contribution in [-0.2, 0) is 4.79 Å². The number of rotatable bonds is 2. The van der Waals surface area contributed by atoms with Crippen molar-refractivity contribution in [1.29, 1.82) is 0 Å². The maximum Gasteiger partial charge on any atom is 0.162 e. The molecule has 19 heavy (non-hydrogen) atoms. The number of nitrogen functional groups attached to an aromatic ring is 1. The Labute approximate surface area is 115 Å². The number of allylic oxidation sites excluding steroid dienone is 1. The minimum absolute atomic E-state index is 0.191. The Hall–Kier alpha value is -1.57. The van der Waals surface area contributed by atoms with Gasteiger partial charge >= 0.3 is 0 Å². The molecule has 1 aromatic carbocycles. The lowest BCUT2D eigenvalue weighted by Crippen LogP contribution is -2.30. The van der Waals surface area contributed by atoms with E-state index in [0.29, 0.717) is 17.6 Å². The standard InChI is InChI=1S/C17H23NO/c1-11(2)15-9-4-12(3)16(17(15)19)10-13-5-7-14(18)8-6-13/h5-8,10-12,15H,4,9,18H2,1-3H3/t12-,15-/m1/s1. The van der Waals surface area contributed by atoms with Crippen molar-refractivity contribution >= 4 is 17.5 Å². The Kier molecular flexibility index (Phi) is 4.08. The average molecular weight is 257 g/mol. The van der Waals surface area contributed by atoms with E-state index in [1.54, 1.807) is 0 Å². The fourth-order valence-electron chi connectivity index (χ4n) is 2.79. The van der Waals surface area contributed by atoms with Gasteiger partial charge in [0.15, 0.2) is 5.78 Å². The van der Waals surface area contributed by atoms with Crippen LogP contribution in [0.15, 0.2) is 29.8 Å². The van der Waals surface area contributed by atoms with Gasteiger partial charge in [-0.1, -0.05) is 32.9 Å². The highest BCUT2D eigenvalue weighted by molar-refractivity contribution is 6.02. The minimum Gasteiger partial charge on any atom is -0.399 e. The van der Waals surface area contributed by atoms with Gasteiger partial charge in [-0.05, 0) is 54.0 Å². The highest BCUT2D eigenvalue weighted by Gasteiger charge is 2.32. The van der Waals surface area contributed by atoms with Crippen molar-refractivity contribution in [2.75, 3.05) is 5.73 Å². The molecule has 0 bridgehead atoms. The van der Waals surface area contributed by atoms with E-state index in [9.17, 15) is 4.79 Å².